The molecular weight excluding hydrogens is 245 g/mol. The van der Waals surface area contributed by atoms with Gasteiger partial charge in [0, 0.05) is 5.70 Å². The second-order valence-corrected chi connectivity index (χ2v) is 3.66. The van der Waals surface area contributed by atoms with Crippen LogP contribution in [0.3, 0.4) is 0 Å². The number of hydrogen-bond acceptors (Lipinski definition) is 2. The van der Waals surface area contributed by atoms with Crippen LogP contribution >= 0.6 is 0 Å². The van der Waals surface area contributed by atoms with Crippen molar-refractivity contribution in [1.29, 1.82) is 0 Å². The first-order valence-corrected chi connectivity index (χ1v) is 5.37. The van der Waals surface area contributed by atoms with Crippen LogP contribution in [0.2, 0.25) is 0 Å². The van der Waals surface area contributed by atoms with Gasteiger partial charge >= 0.3 is 6.18 Å². The van der Waals surface area contributed by atoms with Gasteiger partial charge in [0.1, 0.15) is 11.4 Å². The van der Waals surface area contributed by atoms with Crippen molar-refractivity contribution in [3.8, 4) is 0 Å². The fourth-order valence-electron chi connectivity index (χ4n) is 1.32. The minimum atomic E-state index is -4.55. The number of aromatic nitrogens is 1. The van der Waals surface area contributed by atoms with E-state index in [1.807, 2.05) is 6.92 Å². The molecule has 0 aliphatic carbocycles. The van der Waals surface area contributed by atoms with Crippen molar-refractivity contribution in [1.82, 2.24) is 10.3 Å². The molecule has 0 aliphatic heterocycles. The van der Waals surface area contributed by atoms with Crippen LogP contribution in [-0.4, -0.2) is 10.9 Å². The number of nitrogens with zero attached hydrogens (tertiary/aromatic N) is 1. The molecule has 1 heterocycles. The molecule has 1 aromatic heterocycles. The summed E-state index contributed by atoms with van der Waals surface area (Å²) < 4.78 is 37.2. The third-order valence-corrected chi connectivity index (χ3v) is 2.09. The fraction of sp³-hybridized carbons (Fsp3) is 0.333. The van der Waals surface area contributed by atoms with Crippen molar-refractivity contribution in [2.24, 2.45) is 0 Å². The van der Waals surface area contributed by atoms with Crippen molar-refractivity contribution in [3.05, 3.63) is 41.4 Å². The Hall–Kier alpha value is -1.85. The Morgan fingerprint density at radius 1 is 1.44 bits per heavy atom. The highest BCUT2D eigenvalue weighted by molar-refractivity contribution is 5.93. The molecule has 98 valence electrons. The zero-order valence-corrected chi connectivity index (χ0v) is 10.0. The van der Waals surface area contributed by atoms with Crippen LogP contribution in [0.25, 0.3) is 0 Å². The van der Waals surface area contributed by atoms with Crippen LogP contribution in [0, 0.1) is 0 Å². The van der Waals surface area contributed by atoms with E-state index in [4.69, 9.17) is 0 Å². The maximum absolute atomic E-state index is 12.4. The van der Waals surface area contributed by atoms with E-state index in [1.54, 1.807) is 13.0 Å². The quantitative estimate of drug-likeness (QED) is 0.904. The number of pyridine rings is 1. The number of nitrogens with one attached hydrogen (secondary N) is 1. The molecule has 0 aliphatic rings. The summed E-state index contributed by atoms with van der Waals surface area (Å²) in [6.45, 7) is 3.55. The van der Waals surface area contributed by atoms with Gasteiger partial charge in [-0.1, -0.05) is 19.1 Å². The maximum Gasteiger partial charge on any atom is 0.433 e. The summed E-state index contributed by atoms with van der Waals surface area (Å²) in [6, 6.07) is 3.22. The van der Waals surface area contributed by atoms with E-state index >= 15 is 0 Å². The Balaban J connectivity index is 2.91. The minimum Gasteiger partial charge on any atom is -0.325 e. The monoisotopic (exact) mass is 258 g/mol. The molecule has 0 saturated carbocycles. The standard InChI is InChI=1S/C12H13F3N2O/c1-3-5-8(2)16-11(18)9-6-4-7-10(17-9)12(13,14)15/h4-7H,3H2,1-2H3,(H,16,18)/b8-5+. The molecule has 0 bridgehead atoms. The van der Waals surface area contributed by atoms with Gasteiger partial charge in [0.15, 0.2) is 0 Å². The first-order valence-electron chi connectivity index (χ1n) is 5.37. The topological polar surface area (TPSA) is 42.0 Å². The van der Waals surface area contributed by atoms with Crippen molar-refractivity contribution < 1.29 is 18.0 Å². The molecule has 0 unspecified atom stereocenters. The van der Waals surface area contributed by atoms with Crippen LogP contribution < -0.4 is 5.32 Å². The SMILES string of the molecule is CC/C=C(\C)NC(=O)c1cccc(C(F)(F)F)n1. The van der Waals surface area contributed by atoms with Gasteiger partial charge in [0.2, 0.25) is 0 Å². The first-order chi connectivity index (χ1) is 8.34. The lowest BCUT2D eigenvalue weighted by Crippen LogP contribution is -2.23. The van der Waals surface area contributed by atoms with Gasteiger partial charge in [-0.25, -0.2) is 4.98 Å². The molecule has 3 nitrogen and oxygen atoms in total. The number of alkyl halides is 3. The van der Waals surface area contributed by atoms with E-state index in [0.29, 0.717) is 5.70 Å². The van der Waals surface area contributed by atoms with Gasteiger partial charge in [-0.05, 0) is 25.5 Å². The smallest absolute Gasteiger partial charge is 0.325 e. The van der Waals surface area contributed by atoms with Gasteiger partial charge in [0.25, 0.3) is 5.91 Å². The Morgan fingerprint density at radius 2 is 2.11 bits per heavy atom. The number of amides is 1. The van der Waals surface area contributed by atoms with E-state index in [9.17, 15) is 18.0 Å². The third kappa shape index (κ3) is 3.87. The highest BCUT2D eigenvalue weighted by Crippen LogP contribution is 2.27. The van der Waals surface area contributed by atoms with Gasteiger partial charge in [-0.15, -0.1) is 0 Å². The molecular formula is C12H13F3N2O. The van der Waals surface area contributed by atoms with Crippen LogP contribution in [0.15, 0.2) is 30.0 Å². The van der Waals surface area contributed by atoms with Crippen LogP contribution in [0.5, 0.6) is 0 Å². The number of carbonyl (C=O) groups excluding carboxylic acids is 1. The molecule has 1 rings (SSSR count). The first kappa shape index (κ1) is 14.2. The highest BCUT2D eigenvalue weighted by atomic mass is 19.4. The summed E-state index contributed by atoms with van der Waals surface area (Å²) >= 11 is 0. The van der Waals surface area contributed by atoms with E-state index in [2.05, 4.69) is 10.3 Å². The number of carbonyl (C=O) groups is 1. The lowest BCUT2D eigenvalue weighted by molar-refractivity contribution is -0.141. The highest BCUT2D eigenvalue weighted by Gasteiger charge is 2.32. The number of halogens is 3. The van der Waals surface area contributed by atoms with Crippen LogP contribution in [0.1, 0.15) is 36.5 Å². The van der Waals surface area contributed by atoms with E-state index in [1.165, 1.54) is 6.07 Å². The lowest BCUT2D eigenvalue weighted by atomic mass is 10.2. The Labute approximate surface area is 103 Å². The fourth-order valence-corrected chi connectivity index (χ4v) is 1.32. The lowest BCUT2D eigenvalue weighted by Gasteiger charge is -2.08. The molecule has 18 heavy (non-hydrogen) atoms. The van der Waals surface area contributed by atoms with Crippen molar-refractivity contribution >= 4 is 5.91 Å². The van der Waals surface area contributed by atoms with Crippen LogP contribution in [-0.2, 0) is 6.18 Å². The Bertz CT molecular complexity index is 467. The van der Waals surface area contributed by atoms with Gasteiger partial charge in [-0.2, -0.15) is 13.2 Å². The molecule has 0 fully saturated rings. The number of allylic oxidation sites excluding steroid dienone is 2. The zero-order valence-electron chi connectivity index (χ0n) is 10.0. The van der Waals surface area contributed by atoms with Crippen LogP contribution in [0.4, 0.5) is 13.2 Å². The van der Waals surface area contributed by atoms with Gasteiger partial charge in [0.05, 0.1) is 0 Å². The summed E-state index contributed by atoms with van der Waals surface area (Å²) in [6.07, 6.45) is -2.07. The molecule has 0 atom stereocenters. The van der Waals surface area contributed by atoms with Crippen molar-refractivity contribution in [2.45, 2.75) is 26.4 Å². The zero-order chi connectivity index (χ0) is 13.8. The second kappa shape index (κ2) is 5.66. The molecule has 1 amide bonds. The summed E-state index contributed by atoms with van der Waals surface area (Å²) in [5.74, 6) is -0.650. The largest absolute Gasteiger partial charge is 0.433 e. The average Bonchev–Trinajstić information content (AvgIpc) is 2.28. The molecule has 6 heteroatoms. The third-order valence-electron chi connectivity index (χ3n) is 2.09. The number of hydrogen-bond donors (Lipinski definition) is 1. The summed E-state index contributed by atoms with van der Waals surface area (Å²) in [7, 11) is 0. The van der Waals surface area contributed by atoms with Crippen molar-refractivity contribution in [2.75, 3.05) is 0 Å². The predicted octanol–water partition coefficient (Wildman–Crippen LogP) is 3.14. The molecule has 0 radical (unpaired) electrons. The Kier molecular flexibility index (Phi) is 4.47. The molecule has 0 spiro atoms. The summed E-state index contributed by atoms with van der Waals surface area (Å²) in [5.41, 5.74) is -0.748. The van der Waals surface area contributed by atoms with Gasteiger partial charge in [-0.3, -0.25) is 4.79 Å². The average molecular weight is 258 g/mol. The molecule has 1 N–H and O–H groups in total. The summed E-state index contributed by atoms with van der Waals surface area (Å²) in [5, 5.41) is 2.47. The minimum absolute atomic E-state index is 0.256. The van der Waals surface area contributed by atoms with E-state index in [-0.39, 0.29) is 5.69 Å². The molecule has 1 aromatic rings. The normalized spacial score (nSPS) is 12.4. The Morgan fingerprint density at radius 3 is 2.67 bits per heavy atom. The molecule has 0 saturated heterocycles. The number of rotatable bonds is 3. The van der Waals surface area contributed by atoms with E-state index < -0.39 is 17.8 Å². The van der Waals surface area contributed by atoms with Gasteiger partial charge < -0.3 is 5.32 Å². The van der Waals surface area contributed by atoms with E-state index in [0.717, 1.165) is 18.6 Å². The molecule has 0 aromatic carbocycles. The maximum atomic E-state index is 12.4. The predicted molar refractivity (Wildman–Crippen MR) is 60.8 cm³/mol. The summed E-state index contributed by atoms with van der Waals surface area (Å²) in [4.78, 5) is 14.9. The van der Waals surface area contributed by atoms with Crippen molar-refractivity contribution in [3.63, 3.8) is 0 Å². The second-order valence-electron chi connectivity index (χ2n) is 3.66.